The van der Waals surface area contributed by atoms with Crippen molar-refractivity contribution in [3.05, 3.63) is 43.5 Å². The molecule has 0 spiro atoms. The lowest BCUT2D eigenvalue weighted by molar-refractivity contribution is 0.619. The van der Waals surface area contributed by atoms with E-state index < -0.39 is 5.82 Å². The second kappa shape index (κ2) is 4.46. The van der Waals surface area contributed by atoms with Gasteiger partial charge in [-0.25, -0.2) is 4.39 Å². The molecule has 1 aromatic carbocycles. The Kier molecular flexibility index (Phi) is 3.54. The summed E-state index contributed by atoms with van der Waals surface area (Å²) in [7, 11) is 0. The normalized spacial score (nSPS) is 9.46. The molecule has 0 fully saturated rings. The zero-order chi connectivity index (χ0) is 9.84. The molecule has 0 N–H and O–H groups in total. The highest BCUT2D eigenvalue weighted by atomic mass is 79.9. The van der Waals surface area contributed by atoms with Crippen LogP contribution in [0.4, 0.5) is 4.39 Å². The summed E-state index contributed by atoms with van der Waals surface area (Å²) in [6.45, 7) is 0.0551. The highest BCUT2D eigenvalue weighted by Gasteiger charge is 2.05. The first-order valence-corrected chi connectivity index (χ1v) is 4.46. The molecular weight excluding hydrogens is 260 g/mol. The predicted molar refractivity (Wildman–Crippen MR) is 52.0 cm³/mol. The summed E-state index contributed by atoms with van der Waals surface area (Å²) in [6.07, 6.45) is 0. The molecule has 0 bridgehead atoms. The van der Waals surface area contributed by atoms with Gasteiger partial charge in [0.1, 0.15) is 5.82 Å². The molecule has 0 aliphatic heterocycles. The average molecular weight is 264 g/mol. The number of rotatable bonds is 2. The summed E-state index contributed by atoms with van der Waals surface area (Å²) in [5, 5.41) is 3.66. The van der Waals surface area contributed by atoms with Crippen LogP contribution in [0.2, 0.25) is 5.02 Å². The van der Waals surface area contributed by atoms with Gasteiger partial charge < -0.3 is 0 Å². The number of hydrogen-bond donors (Lipinski definition) is 0. The highest BCUT2D eigenvalue weighted by molar-refractivity contribution is 9.10. The molecule has 3 nitrogen and oxygen atoms in total. The number of halogens is 3. The zero-order valence-corrected chi connectivity index (χ0v) is 8.68. The van der Waals surface area contributed by atoms with Crippen molar-refractivity contribution in [2.75, 3.05) is 0 Å². The first kappa shape index (κ1) is 10.3. The first-order valence-electron chi connectivity index (χ1n) is 3.29. The second-order valence-electron chi connectivity index (χ2n) is 2.25. The molecule has 0 saturated carbocycles. The fourth-order valence-corrected chi connectivity index (χ4v) is 1.49. The van der Waals surface area contributed by atoms with Crippen molar-refractivity contribution in [2.24, 2.45) is 5.11 Å². The lowest BCUT2D eigenvalue weighted by Gasteiger charge is -2.01. The van der Waals surface area contributed by atoms with Crippen molar-refractivity contribution in [3.63, 3.8) is 0 Å². The molecule has 1 rings (SSSR count). The van der Waals surface area contributed by atoms with E-state index in [1.54, 1.807) is 0 Å². The van der Waals surface area contributed by atoms with E-state index in [1.165, 1.54) is 12.1 Å². The topological polar surface area (TPSA) is 48.8 Å². The SMILES string of the molecule is [N-]=[N+]=NCc1cc(F)c(Br)cc1Cl. The van der Waals surface area contributed by atoms with Crippen LogP contribution in [0.3, 0.4) is 0 Å². The van der Waals surface area contributed by atoms with Gasteiger partial charge in [-0.05, 0) is 39.2 Å². The average Bonchev–Trinajstić information content (AvgIpc) is 2.09. The van der Waals surface area contributed by atoms with Crippen LogP contribution < -0.4 is 0 Å². The van der Waals surface area contributed by atoms with Crippen molar-refractivity contribution < 1.29 is 4.39 Å². The summed E-state index contributed by atoms with van der Waals surface area (Å²) >= 11 is 8.74. The van der Waals surface area contributed by atoms with Gasteiger partial charge in [0.25, 0.3) is 0 Å². The highest BCUT2D eigenvalue weighted by Crippen LogP contribution is 2.25. The quantitative estimate of drug-likeness (QED) is 0.335. The summed E-state index contributed by atoms with van der Waals surface area (Å²) in [5.41, 5.74) is 8.53. The maximum absolute atomic E-state index is 12.9. The minimum atomic E-state index is -0.424. The van der Waals surface area contributed by atoms with Crippen molar-refractivity contribution >= 4 is 27.5 Å². The molecule has 1 aromatic rings. The Morgan fingerprint density at radius 3 is 2.92 bits per heavy atom. The summed E-state index contributed by atoms with van der Waals surface area (Å²) < 4.78 is 13.2. The van der Waals surface area contributed by atoms with E-state index in [2.05, 4.69) is 26.0 Å². The molecule has 0 amide bonds. The summed E-state index contributed by atoms with van der Waals surface area (Å²) in [6, 6.07) is 2.67. The van der Waals surface area contributed by atoms with Crippen LogP contribution >= 0.6 is 27.5 Å². The van der Waals surface area contributed by atoms with Crippen molar-refractivity contribution in [1.29, 1.82) is 0 Å². The maximum atomic E-state index is 12.9. The number of azide groups is 1. The van der Waals surface area contributed by atoms with Gasteiger partial charge in [-0.15, -0.1) is 0 Å². The van der Waals surface area contributed by atoms with Gasteiger partial charge in [-0.1, -0.05) is 16.7 Å². The standard InChI is InChI=1S/C7H4BrClFN3/c8-5-2-6(9)4(1-7(5)10)3-12-13-11/h1-2H,3H2. The predicted octanol–water partition coefficient (Wildman–Crippen LogP) is 4.05. The Labute approximate surface area is 87.3 Å². The van der Waals surface area contributed by atoms with Gasteiger partial charge in [0.05, 0.1) is 11.0 Å². The van der Waals surface area contributed by atoms with E-state index in [1.807, 2.05) is 0 Å². The Hall–Kier alpha value is -0.770. The van der Waals surface area contributed by atoms with Crippen molar-refractivity contribution in [3.8, 4) is 0 Å². The third-order valence-corrected chi connectivity index (χ3v) is 2.35. The van der Waals surface area contributed by atoms with Gasteiger partial charge in [-0.2, -0.15) is 0 Å². The minimum Gasteiger partial charge on any atom is -0.206 e. The molecule has 6 heteroatoms. The van der Waals surface area contributed by atoms with Gasteiger partial charge in [-0.3, -0.25) is 0 Å². The molecule has 0 unspecified atom stereocenters. The third kappa shape index (κ3) is 2.59. The number of benzene rings is 1. The van der Waals surface area contributed by atoms with Crippen LogP contribution in [0, 0.1) is 5.82 Å². The van der Waals surface area contributed by atoms with Crippen molar-refractivity contribution in [1.82, 2.24) is 0 Å². The Bertz CT molecular complexity index is 376. The molecular formula is C7H4BrClFN3. The van der Waals surface area contributed by atoms with Crippen LogP contribution in [0.25, 0.3) is 10.4 Å². The molecule has 68 valence electrons. The Morgan fingerprint density at radius 2 is 2.31 bits per heavy atom. The molecule has 0 radical (unpaired) electrons. The zero-order valence-electron chi connectivity index (χ0n) is 6.34. The second-order valence-corrected chi connectivity index (χ2v) is 3.51. The molecule has 13 heavy (non-hydrogen) atoms. The third-order valence-electron chi connectivity index (χ3n) is 1.39. The first-order chi connectivity index (χ1) is 6.15. The largest absolute Gasteiger partial charge is 0.206 e. The molecule has 0 atom stereocenters. The van der Waals surface area contributed by atoms with Gasteiger partial charge in [0.15, 0.2) is 0 Å². The fraction of sp³-hybridized carbons (Fsp3) is 0.143. The lowest BCUT2D eigenvalue weighted by atomic mass is 10.2. The van der Waals surface area contributed by atoms with Crippen molar-refractivity contribution in [2.45, 2.75) is 6.54 Å². The number of nitrogens with zero attached hydrogens (tertiary/aromatic N) is 3. The molecule has 0 heterocycles. The van der Waals surface area contributed by atoms with E-state index in [4.69, 9.17) is 17.1 Å². The fourth-order valence-electron chi connectivity index (χ4n) is 0.793. The van der Waals surface area contributed by atoms with Gasteiger partial charge >= 0.3 is 0 Å². The number of hydrogen-bond acceptors (Lipinski definition) is 1. The Balaban J connectivity index is 3.07. The minimum absolute atomic E-state index is 0.0551. The van der Waals surface area contributed by atoms with Gasteiger partial charge in [0.2, 0.25) is 0 Å². The summed E-state index contributed by atoms with van der Waals surface area (Å²) in [4.78, 5) is 2.56. The molecule has 0 saturated heterocycles. The monoisotopic (exact) mass is 263 g/mol. The van der Waals surface area contributed by atoms with Gasteiger partial charge in [0, 0.05) is 9.93 Å². The van der Waals surface area contributed by atoms with Crippen LogP contribution in [-0.4, -0.2) is 0 Å². The smallest absolute Gasteiger partial charge is 0.137 e. The lowest BCUT2D eigenvalue weighted by Crippen LogP contribution is -1.86. The van der Waals surface area contributed by atoms with E-state index in [0.717, 1.165) is 0 Å². The van der Waals surface area contributed by atoms with Crippen LogP contribution in [0.15, 0.2) is 21.7 Å². The van der Waals surface area contributed by atoms with E-state index in [9.17, 15) is 4.39 Å². The molecule has 0 aromatic heterocycles. The van der Waals surface area contributed by atoms with Crippen LogP contribution in [0.5, 0.6) is 0 Å². The van der Waals surface area contributed by atoms with E-state index >= 15 is 0 Å². The molecule has 0 aliphatic rings. The summed E-state index contributed by atoms with van der Waals surface area (Å²) in [5.74, 6) is -0.424. The van der Waals surface area contributed by atoms with Crippen LogP contribution in [0.1, 0.15) is 5.56 Å². The van der Waals surface area contributed by atoms with Crippen LogP contribution in [-0.2, 0) is 6.54 Å². The van der Waals surface area contributed by atoms with E-state index in [-0.39, 0.29) is 6.54 Å². The van der Waals surface area contributed by atoms with E-state index in [0.29, 0.717) is 15.1 Å². The Morgan fingerprint density at radius 1 is 1.62 bits per heavy atom. The molecule has 0 aliphatic carbocycles. The maximum Gasteiger partial charge on any atom is 0.137 e.